The number of hydrogen-bond acceptors (Lipinski definition) is 4. The van der Waals surface area contributed by atoms with Crippen molar-refractivity contribution in [2.24, 2.45) is 5.41 Å². The number of aliphatic hydroxyl groups is 4. The lowest BCUT2D eigenvalue weighted by Crippen LogP contribution is -2.56. The minimum Gasteiger partial charge on any atom is -0.363 e. The topological polar surface area (TPSA) is 80.9 Å². The van der Waals surface area contributed by atoms with Gasteiger partial charge in [-0.25, -0.2) is 0 Å². The molecular weight excluding hydrogens is 883 g/mol. The molecular formula is C15H16Br8O4. The van der Waals surface area contributed by atoms with E-state index in [0.717, 1.165) is 11.1 Å². The summed E-state index contributed by atoms with van der Waals surface area (Å²) in [5, 5.41) is 41.7. The van der Waals surface area contributed by atoms with Crippen LogP contribution in [0.3, 0.4) is 0 Å². The van der Waals surface area contributed by atoms with E-state index in [1.807, 2.05) is 13.8 Å². The first-order chi connectivity index (χ1) is 11.6. The molecule has 0 bridgehead atoms. The predicted octanol–water partition coefficient (Wildman–Crippen LogP) is 5.98. The van der Waals surface area contributed by atoms with E-state index >= 15 is 0 Å². The Balaban J connectivity index is 2.70. The molecule has 0 amide bonds. The second-order valence-corrected chi connectivity index (χ2v) is 22.1. The molecule has 0 radical (unpaired) electrons. The summed E-state index contributed by atoms with van der Waals surface area (Å²) < 4.78 is -4.36. The van der Waals surface area contributed by atoms with Gasteiger partial charge in [0.1, 0.15) is 6.47 Å². The zero-order chi connectivity index (χ0) is 21.5. The molecule has 12 heteroatoms. The fourth-order valence-electron chi connectivity index (χ4n) is 3.27. The minimum absolute atomic E-state index is 0.0612. The summed E-state index contributed by atoms with van der Waals surface area (Å²) in [5.74, 6) is -4.14. The van der Waals surface area contributed by atoms with Gasteiger partial charge in [0, 0.05) is 18.3 Å². The SMILES string of the molecule is CC(C)(C1=CC(Br)(Br)C(O)(O)CC1(Br)Br)C1=CC(Br)(Br)C(O)(O)CC1(Br)Br. The average molecular weight is 900 g/mol. The second-order valence-electron chi connectivity index (χ2n) is 7.38. The standard InChI is InChI=1S/C15H16Br8O4/c1-9(2,7-3-12(20,21)14(24,25)5-10(7,16)17)8-4-13(22,23)15(26,27)6-11(8,18)19/h3-4,24-27H,5-6H2,1-2H3. The fourth-order valence-corrected chi connectivity index (χ4v) is 8.75. The van der Waals surface area contributed by atoms with E-state index in [1.54, 1.807) is 12.2 Å². The summed E-state index contributed by atoms with van der Waals surface area (Å²) >= 11 is 27.7. The van der Waals surface area contributed by atoms with Crippen molar-refractivity contribution in [3.63, 3.8) is 0 Å². The van der Waals surface area contributed by atoms with Gasteiger partial charge in [0.15, 0.2) is 18.0 Å². The van der Waals surface area contributed by atoms with Crippen LogP contribution in [-0.4, -0.2) is 44.9 Å². The van der Waals surface area contributed by atoms with Crippen LogP contribution in [0.25, 0.3) is 0 Å². The summed E-state index contributed by atoms with van der Waals surface area (Å²) in [7, 11) is 0. The van der Waals surface area contributed by atoms with Crippen LogP contribution < -0.4 is 0 Å². The van der Waals surface area contributed by atoms with Gasteiger partial charge in [0.2, 0.25) is 0 Å². The highest BCUT2D eigenvalue weighted by Gasteiger charge is 2.61. The number of allylic oxidation sites excluding steroid dienone is 2. The zero-order valence-corrected chi connectivity index (χ0v) is 26.6. The molecule has 0 fully saturated rings. The van der Waals surface area contributed by atoms with Gasteiger partial charge < -0.3 is 20.4 Å². The van der Waals surface area contributed by atoms with Crippen LogP contribution >= 0.6 is 127 Å². The highest BCUT2D eigenvalue weighted by atomic mass is 79.9. The van der Waals surface area contributed by atoms with Crippen molar-refractivity contribution in [3.05, 3.63) is 23.3 Å². The Morgan fingerprint density at radius 1 is 0.667 bits per heavy atom. The molecule has 0 unspecified atom stereocenters. The Morgan fingerprint density at radius 2 is 0.926 bits per heavy atom. The molecule has 0 spiro atoms. The summed E-state index contributed by atoms with van der Waals surface area (Å²) in [6.45, 7) is 3.93. The van der Waals surface area contributed by atoms with E-state index in [1.165, 1.54) is 0 Å². The first-order valence-corrected chi connectivity index (χ1v) is 13.8. The van der Waals surface area contributed by atoms with Crippen LogP contribution in [0.2, 0.25) is 0 Å². The summed E-state index contributed by atoms with van der Waals surface area (Å²) in [6.07, 6.45) is 3.27. The van der Waals surface area contributed by atoms with Gasteiger partial charge in [-0.2, -0.15) is 0 Å². The number of halogens is 8. The van der Waals surface area contributed by atoms with Crippen LogP contribution in [0, 0.1) is 5.41 Å². The molecule has 2 aliphatic carbocycles. The van der Waals surface area contributed by atoms with Crippen molar-refractivity contribution in [1.82, 2.24) is 0 Å². The van der Waals surface area contributed by atoms with Crippen molar-refractivity contribution in [2.75, 3.05) is 0 Å². The summed E-state index contributed by atoms with van der Waals surface area (Å²) in [5.41, 5.74) is 0.930. The average Bonchev–Trinajstić information content (AvgIpc) is 2.36. The van der Waals surface area contributed by atoms with E-state index in [0.29, 0.717) is 0 Å². The fraction of sp³-hybridized carbons (Fsp3) is 0.733. The Bertz CT molecular complexity index is 649. The molecule has 156 valence electrons. The maximum Gasteiger partial charge on any atom is 0.194 e. The molecule has 0 atom stereocenters. The maximum atomic E-state index is 10.4. The van der Waals surface area contributed by atoms with Crippen LogP contribution in [-0.2, 0) is 0 Å². The van der Waals surface area contributed by atoms with E-state index < -0.39 is 29.9 Å². The van der Waals surface area contributed by atoms with Crippen molar-refractivity contribution in [2.45, 2.75) is 51.2 Å². The predicted molar refractivity (Wildman–Crippen MR) is 136 cm³/mol. The van der Waals surface area contributed by atoms with Gasteiger partial charge in [-0.15, -0.1) is 0 Å². The molecule has 2 rings (SSSR count). The lowest BCUT2D eigenvalue weighted by Gasteiger charge is -2.52. The van der Waals surface area contributed by atoms with Gasteiger partial charge >= 0.3 is 0 Å². The number of hydrogen-bond donors (Lipinski definition) is 4. The molecule has 2 aliphatic rings. The van der Waals surface area contributed by atoms with Crippen LogP contribution in [0.1, 0.15) is 26.7 Å². The van der Waals surface area contributed by atoms with Gasteiger partial charge in [-0.05, 0) is 23.3 Å². The van der Waals surface area contributed by atoms with Gasteiger partial charge in [-0.1, -0.05) is 141 Å². The number of rotatable bonds is 2. The highest BCUT2D eigenvalue weighted by Crippen LogP contribution is 2.64. The zero-order valence-electron chi connectivity index (χ0n) is 13.9. The molecule has 27 heavy (non-hydrogen) atoms. The smallest absolute Gasteiger partial charge is 0.194 e. The van der Waals surface area contributed by atoms with Crippen molar-refractivity contribution >= 4 is 127 Å². The Morgan fingerprint density at radius 3 is 1.19 bits per heavy atom. The van der Waals surface area contributed by atoms with Crippen LogP contribution in [0.5, 0.6) is 0 Å². The quantitative estimate of drug-likeness (QED) is 0.157. The normalized spacial score (nSPS) is 30.3. The van der Waals surface area contributed by atoms with Crippen molar-refractivity contribution in [3.8, 4) is 0 Å². The lowest BCUT2D eigenvalue weighted by molar-refractivity contribution is -0.165. The first-order valence-electron chi connectivity index (χ1n) is 7.48. The number of alkyl halides is 8. The Kier molecular flexibility index (Phi) is 7.43. The maximum absolute atomic E-state index is 10.4. The van der Waals surface area contributed by atoms with E-state index in [2.05, 4.69) is 127 Å². The van der Waals surface area contributed by atoms with Gasteiger partial charge in [0.05, 0.1) is 0 Å². The van der Waals surface area contributed by atoms with Crippen molar-refractivity contribution in [1.29, 1.82) is 0 Å². The molecule has 0 aromatic carbocycles. The minimum atomic E-state index is -2.07. The highest BCUT2D eigenvalue weighted by molar-refractivity contribution is 9.26. The first kappa shape index (κ1) is 26.4. The molecule has 0 saturated carbocycles. The third kappa shape index (κ3) is 4.77. The molecule has 0 heterocycles. The van der Waals surface area contributed by atoms with Gasteiger partial charge in [-0.3, -0.25) is 0 Å². The molecule has 0 aromatic rings. The molecule has 4 N–H and O–H groups in total. The van der Waals surface area contributed by atoms with E-state index in [4.69, 9.17) is 0 Å². The second kappa shape index (κ2) is 7.60. The van der Waals surface area contributed by atoms with Crippen molar-refractivity contribution < 1.29 is 20.4 Å². The molecule has 0 aliphatic heterocycles. The third-order valence-electron chi connectivity index (χ3n) is 4.79. The lowest BCUT2D eigenvalue weighted by atomic mass is 9.69. The molecule has 0 aromatic heterocycles. The Labute approximate surface area is 225 Å². The van der Waals surface area contributed by atoms with E-state index in [9.17, 15) is 20.4 Å². The Hall–Kier alpha value is 3.16. The summed E-state index contributed by atoms with van der Waals surface area (Å²) in [4.78, 5) is 0. The van der Waals surface area contributed by atoms with Crippen LogP contribution in [0.15, 0.2) is 23.3 Å². The monoisotopic (exact) mass is 891 g/mol. The summed E-state index contributed by atoms with van der Waals surface area (Å²) in [6, 6.07) is 0. The molecule has 0 saturated heterocycles. The molecule has 4 nitrogen and oxygen atoms in total. The van der Waals surface area contributed by atoms with Gasteiger partial charge in [0.25, 0.3) is 0 Å². The third-order valence-corrected chi connectivity index (χ3v) is 11.1. The van der Waals surface area contributed by atoms with E-state index in [-0.39, 0.29) is 12.8 Å². The largest absolute Gasteiger partial charge is 0.363 e. The van der Waals surface area contributed by atoms with Crippen LogP contribution in [0.4, 0.5) is 0 Å².